The number of benzene rings is 1. The lowest BCUT2D eigenvalue weighted by atomic mass is 10.1. The van der Waals surface area contributed by atoms with Crippen LogP contribution in [-0.2, 0) is 6.54 Å². The number of fused-ring (bicyclic) bond motifs is 1. The lowest BCUT2D eigenvalue weighted by molar-refractivity contribution is 0.0689. The molecule has 1 aromatic carbocycles. The summed E-state index contributed by atoms with van der Waals surface area (Å²) in [7, 11) is 0. The second kappa shape index (κ2) is 6.97. The third kappa shape index (κ3) is 3.65. The molecule has 2 heterocycles. The number of hydrogen-bond donors (Lipinski definition) is 0. The van der Waals surface area contributed by atoms with Crippen LogP contribution < -0.4 is 0 Å². The number of rotatable bonds is 4. The van der Waals surface area contributed by atoms with Crippen molar-refractivity contribution in [1.82, 2.24) is 14.9 Å². The van der Waals surface area contributed by atoms with Gasteiger partial charge in [-0.15, -0.1) is 0 Å². The van der Waals surface area contributed by atoms with Crippen LogP contribution in [0.1, 0.15) is 35.5 Å². The lowest BCUT2D eigenvalue weighted by Crippen LogP contribution is -2.36. The minimum atomic E-state index is -0.334. The van der Waals surface area contributed by atoms with Gasteiger partial charge in [0.2, 0.25) is 0 Å². The largest absolute Gasteiger partial charge is 0.332 e. The number of carbonyl (C=O) groups excluding carboxylic acids is 1. The third-order valence-corrected chi connectivity index (χ3v) is 4.16. The van der Waals surface area contributed by atoms with Gasteiger partial charge in [-0.2, -0.15) is 0 Å². The van der Waals surface area contributed by atoms with E-state index < -0.39 is 0 Å². The van der Waals surface area contributed by atoms with E-state index in [1.165, 1.54) is 12.1 Å². The van der Waals surface area contributed by atoms with Crippen LogP contribution in [0.25, 0.3) is 10.9 Å². The summed E-state index contributed by atoms with van der Waals surface area (Å²) >= 11 is 0. The molecule has 0 aliphatic heterocycles. The first-order chi connectivity index (χ1) is 12.0. The maximum absolute atomic E-state index is 13.4. The Balaban J connectivity index is 1.98. The van der Waals surface area contributed by atoms with Crippen molar-refractivity contribution in [2.75, 3.05) is 0 Å². The van der Waals surface area contributed by atoms with Crippen LogP contribution in [0.5, 0.6) is 0 Å². The average Bonchev–Trinajstić information content (AvgIpc) is 2.59. The molecule has 0 bridgehead atoms. The highest BCUT2D eigenvalue weighted by atomic mass is 19.1. The van der Waals surface area contributed by atoms with Crippen molar-refractivity contribution in [3.05, 3.63) is 71.4 Å². The summed E-state index contributed by atoms with van der Waals surface area (Å²) in [4.78, 5) is 23.4. The van der Waals surface area contributed by atoms with Gasteiger partial charge in [0, 0.05) is 36.4 Å². The molecule has 1 amide bonds. The van der Waals surface area contributed by atoms with E-state index in [0.717, 1.165) is 10.9 Å². The molecule has 0 aliphatic carbocycles. The molecular weight excluding hydrogens is 317 g/mol. The highest BCUT2D eigenvalue weighted by Gasteiger charge is 2.22. The summed E-state index contributed by atoms with van der Waals surface area (Å²) in [6.45, 7) is 6.21. The maximum atomic E-state index is 13.4. The van der Waals surface area contributed by atoms with E-state index in [0.29, 0.717) is 23.3 Å². The molecule has 0 radical (unpaired) electrons. The average molecular weight is 337 g/mol. The van der Waals surface area contributed by atoms with Crippen molar-refractivity contribution >= 4 is 16.8 Å². The van der Waals surface area contributed by atoms with Crippen LogP contribution in [0.3, 0.4) is 0 Å². The first kappa shape index (κ1) is 17.0. The van der Waals surface area contributed by atoms with Gasteiger partial charge in [0.15, 0.2) is 0 Å². The fourth-order valence-electron chi connectivity index (χ4n) is 2.78. The standard InChI is InChI=1S/C20H20FN3O/c1-13(2)24(12-15-5-4-8-22-11-15)20(25)18-9-16-6-7-17(21)10-19(16)23-14(18)3/h4-11,13H,12H2,1-3H3. The summed E-state index contributed by atoms with van der Waals surface area (Å²) in [6, 6.07) is 10.0. The van der Waals surface area contributed by atoms with Gasteiger partial charge in [-0.05, 0) is 50.6 Å². The molecule has 0 N–H and O–H groups in total. The summed E-state index contributed by atoms with van der Waals surface area (Å²) in [5.74, 6) is -0.422. The Morgan fingerprint density at radius 3 is 2.72 bits per heavy atom. The topological polar surface area (TPSA) is 46.1 Å². The van der Waals surface area contributed by atoms with Gasteiger partial charge in [-0.3, -0.25) is 14.8 Å². The molecule has 0 unspecified atom stereocenters. The zero-order valence-electron chi connectivity index (χ0n) is 14.5. The number of halogens is 1. The van der Waals surface area contributed by atoms with E-state index in [1.807, 2.05) is 26.0 Å². The number of nitrogens with zero attached hydrogens (tertiary/aromatic N) is 3. The lowest BCUT2D eigenvalue weighted by Gasteiger charge is -2.27. The molecule has 0 atom stereocenters. The van der Waals surface area contributed by atoms with Gasteiger partial charge in [0.05, 0.1) is 16.8 Å². The van der Waals surface area contributed by atoms with Crippen molar-refractivity contribution in [3.63, 3.8) is 0 Å². The molecule has 2 aromatic heterocycles. The van der Waals surface area contributed by atoms with Gasteiger partial charge in [-0.1, -0.05) is 6.07 Å². The fourth-order valence-corrected chi connectivity index (χ4v) is 2.78. The zero-order valence-corrected chi connectivity index (χ0v) is 14.5. The monoisotopic (exact) mass is 337 g/mol. The fraction of sp³-hybridized carbons (Fsp3) is 0.250. The van der Waals surface area contributed by atoms with E-state index in [-0.39, 0.29) is 17.8 Å². The van der Waals surface area contributed by atoms with Gasteiger partial charge >= 0.3 is 0 Å². The summed E-state index contributed by atoms with van der Waals surface area (Å²) in [5, 5.41) is 0.750. The number of aromatic nitrogens is 2. The molecule has 25 heavy (non-hydrogen) atoms. The molecule has 0 spiro atoms. The van der Waals surface area contributed by atoms with E-state index in [2.05, 4.69) is 9.97 Å². The van der Waals surface area contributed by atoms with Gasteiger partial charge in [0.1, 0.15) is 5.82 Å². The Kier molecular flexibility index (Phi) is 4.74. The second-order valence-electron chi connectivity index (χ2n) is 6.35. The van der Waals surface area contributed by atoms with Gasteiger partial charge in [0.25, 0.3) is 5.91 Å². The highest BCUT2D eigenvalue weighted by Crippen LogP contribution is 2.21. The van der Waals surface area contributed by atoms with E-state index in [4.69, 9.17) is 0 Å². The van der Waals surface area contributed by atoms with Crippen LogP contribution in [0.2, 0.25) is 0 Å². The first-order valence-corrected chi connectivity index (χ1v) is 8.22. The smallest absolute Gasteiger partial charge is 0.256 e. The minimum Gasteiger partial charge on any atom is -0.332 e. The molecule has 128 valence electrons. The Morgan fingerprint density at radius 2 is 2.04 bits per heavy atom. The molecule has 0 aliphatic rings. The Hall–Kier alpha value is -2.82. The summed E-state index contributed by atoms with van der Waals surface area (Å²) in [5.41, 5.74) is 2.66. The normalized spacial score (nSPS) is 11.1. The van der Waals surface area contributed by atoms with Crippen molar-refractivity contribution < 1.29 is 9.18 Å². The Labute approximate surface area is 146 Å². The predicted molar refractivity (Wildman–Crippen MR) is 95.7 cm³/mol. The molecule has 0 saturated carbocycles. The van der Waals surface area contributed by atoms with Crippen LogP contribution in [0.15, 0.2) is 48.8 Å². The number of hydrogen-bond acceptors (Lipinski definition) is 3. The minimum absolute atomic E-state index is 0.0241. The van der Waals surface area contributed by atoms with Crippen LogP contribution in [-0.4, -0.2) is 26.8 Å². The van der Waals surface area contributed by atoms with Crippen LogP contribution >= 0.6 is 0 Å². The van der Waals surface area contributed by atoms with Crippen molar-refractivity contribution in [3.8, 4) is 0 Å². The van der Waals surface area contributed by atoms with E-state index in [1.54, 1.807) is 36.4 Å². The number of carbonyl (C=O) groups is 1. The molecule has 3 rings (SSSR count). The second-order valence-corrected chi connectivity index (χ2v) is 6.35. The molecule has 3 aromatic rings. The molecule has 5 heteroatoms. The number of pyridine rings is 2. The van der Waals surface area contributed by atoms with Crippen LogP contribution in [0.4, 0.5) is 4.39 Å². The molecule has 0 fully saturated rings. The van der Waals surface area contributed by atoms with Crippen molar-refractivity contribution in [2.24, 2.45) is 0 Å². The van der Waals surface area contributed by atoms with Gasteiger partial charge in [-0.25, -0.2) is 4.39 Å². The number of aryl methyl sites for hydroxylation is 1. The molecular formula is C20H20FN3O. The quantitative estimate of drug-likeness (QED) is 0.719. The predicted octanol–water partition coefficient (Wildman–Crippen LogP) is 4.13. The maximum Gasteiger partial charge on any atom is 0.256 e. The zero-order chi connectivity index (χ0) is 18.0. The molecule has 0 saturated heterocycles. The first-order valence-electron chi connectivity index (χ1n) is 8.22. The van der Waals surface area contributed by atoms with E-state index in [9.17, 15) is 9.18 Å². The third-order valence-electron chi connectivity index (χ3n) is 4.16. The Bertz CT molecular complexity index is 909. The van der Waals surface area contributed by atoms with Crippen molar-refractivity contribution in [2.45, 2.75) is 33.4 Å². The Morgan fingerprint density at radius 1 is 1.24 bits per heavy atom. The molecule has 4 nitrogen and oxygen atoms in total. The van der Waals surface area contributed by atoms with Crippen molar-refractivity contribution in [1.29, 1.82) is 0 Å². The van der Waals surface area contributed by atoms with Gasteiger partial charge < -0.3 is 4.90 Å². The number of amides is 1. The van der Waals surface area contributed by atoms with Crippen LogP contribution in [0, 0.1) is 12.7 Å². The van der Waals surface area contributed by atoms with E-state index >= 15 is 0 Å². The summed E-state index contributed by atoms with van der Waals surface area (Å²) < 4.78 is 13.4. The summed E-state index contributed by atoms with van der Waals surface area (Å²) in [6.07, 6.45) is 3.47. The highest BCUT2D eigenvalue weighted by molar-refractivity contribution is 5.98. The SMILES string of the molecule is Cc1nc2cc(F)ccc2cc1C(=O)N(Cc1cccnc1)C(C)C.